The van der Waals surface area contributed by atoms with Crippen LogP contribution in [0.5, 0.6) is 5.75 Å². The van der Waals surface area contributed by atoms with Gasteiger partial charge in [0.05, 0.1) is 36.6 Å². The SMILES string of the molecule is CC(C)(O)CCn1cc2cc(NC(=O)c3cccc(C(C)(F)F)n3)c(OCC3COC3)cc2n1. The number of alkyl halides is 2. The molecule has 0 atom stereocenters. The maximum atomic E-state index is 13.7. The number of nitrogens with zero attached hydrogens (tertiary/aromatic N) is 3. The molecule has 2 N–H and O–H groups in total. The predicted octanol–water partition coefficient (Wildman–Crippen LogP) is 3.98. The summed E-state index contributed by atoms with van der Waals surface area (Å²) in [6, 6.07) is 7.39. The second-order valence-corrected chi connectivity index (χ2v) is 9.33. The van der Waals surface area contributed by atoms with Crippen LogP contribution in [0.1, 0.15) is 43.4 Å². The summed E-state index contributed by atoms with van der Waals surface area (Å²) in [7, 11) is 0. The summed E-state index contributed by atoms with van der Waals surface area (Å²) in [6.07, 6.45) is 2.33. The van der Waals surface area contributed by atoms with Crippen LogP contribution in [-0.2, 0) is 17.2 Å². The molecule has 34 heavy (non-hydrogen) atoms. The summed E-state index contributed by atoms with van der Waals surface area (Å²) in [4.78, 5) is 16.7. The van der Waals surface area contributed by atoms with E-state index in [0.717, 1.165) is 12.3 Å². The molecule has 182 valence electrons. The van der Waals surface area contributed by atoms with Gasteiger partial charge in [0.1, 0.15) is 17.1 Å². The van der Waals surface area contributed by atoms with Crippen LogP contribution in [0.25, 0.3) is 10.9 Å². The molecule has 1 saturated heterocycles. The number of carbonyl (C=O) groups is 1. The third-order valence-electron chi connectivity index (χ3n) is 5.47. The number of hydrogen-bond donors (Lipinski definition) is 2. The molecule has 2 aromatic heterocycles. The van der Waals surface area contributed by atoms with Crippen molar-refractivity contribution in [1.29, 1.82) is 0 Å². The molecular formula is C24H28F2N4O4. The van der Waals surface area contributed by atoms with E-state index in [1.165, 1.54) is 18.2 Å². The van der Waals surface area contributed by atoms with Gasteiger partial charge >= 0.3 is 0 Å². The number of anilines is 1. The molecule has 0 aliphatic carbocycles. The van der Waals surface area contributed by atoms with Gasteiger partial charge in [-0.1, -0.05) is 6.07 Å². The van der Waals surface area contributed by atoms with Crippen LogP contribution in [0.4, 0.5) is 14.5 Å². The number of aryl methyl sites for hydroxylation is 1. The minimum atomic E-state index is -3.16. The number of aromatic nitrogens is 3. The highest BCUT2D eigenvalue weighted by molar-refractivity contribution is 6.05. The largest absolute Gasteiger partial charge is 0.491 e. The molecule has 3 heterocycles. The zero-order valence-electron chi connectivity index (χ0n) is 19.3. The summed E-state index contributed by atoms with van der Waals surface area (Å²) >= 11 is 0. The Hall–Kier alpha value is -3.11. The smallest absolute Gasteiger partial charge is 0.287 e. The highest BCUT2D eigenvalue weighted by Gasteiger charge is 2.27. The first-order valence-electron chi connectivity index (χ1n) is 11.1. The lowest BCUT2D eigenvalue weighted by molar-refractivity contribution is -0.0507. The highest BCUT2D eigenvalue weighted by Crippen LogP contribution is 2.32. The lowest BCUT2D eigenvalue weighted by atomic mass is 10.1. The molecule has 0 bridgehead atoms. The number of ether oxygens (including phenoxy) is 2. The van der Waals surface area contributed by atoms with Crippen molar-refractivity contribution in [3.8, 4) is 5.75 Å². The van der Waals surface area contributed by atoms with Crippen LogP contribution >= 0.6 is 0 Å². The van der Waals surface area contributed by atoms with Gasteiger partial charge in [-0.25, -0.2) is 4.98 Å². The van der Waals surface area contributed by atoms with Crippen LogP contribution in [-0.4, -0.2) is 51.2 Å². The van der Waals surface area contributed by atoms with E-state index in [1.807, 2.05) is 6.20 Å². The van der Waals surface area contributed by atoms with Gasteiger partial charge < -0.3 is 19.9 Å². The monoisotopic (exact) mass is 474 g/mol. The zero-order chi connectivity index (χ0) is 24.5. The van der Waals surface area contributed by atoms with Gasteiger partial charge in [0.25, 0.3) is 11.8 Å². The van der Waals surface area contributed by atoms with E-state index in [2.05, 4.69) is 15.4 Å². The molecular weight excluding hydrogens is 446 g/mol. The van der Waals surface area contributed by atoms with Crippen molar-refractivity contribution < 1.29 is 28.2 Å². The maximum absolute atomic E-state index is 13.7. The number of amides is 1. The van der Waals surface area contributed by atoms with Crippen LogP contribution in [0.3, 0.4) is 0 Å². The minimum absolute atomic E-state index is 0.127. The van der Waals surface area contributed by atoms with E-state index < -0.39 is 23.1 Å². The molecule has 10 heteroatoms. The van der Waals surface area contributed by atoms with E-state index in [-0.39, 0.29) is 11.6 Å². The topological polar surface area (TPSA) is 98.5 Å². The molecule has 0 radical (unpaired) electrons. The second-order valence-electron chi connectivity index (χ2n) is 9.33. The van der Waals surface area contributed by atoms with Crippen molar-refractivity contribution >= 4 is 22.5 Å². The van der Waals surface area contributed by atoms with E-state index in [9.17, 15) is 18.7 Å². The lowest BCUT2D eigenvalue weighted by Gasteiger charge is -2.26. The van der Waals surface area contributed by atoms with Crippen molar-refractivity contribution in [2.45, 2.75) is 45.3 Å². The van der Waals surface area contributed by atoms with Gasteiger partial charge in [0, 0.05) is 37.0 Å². The molecule has 4 rings (SSSR count). The molecule has 1 amide bonds. The number of pyridine rings is 1. The fraction of sp³-hybridized carbons (Fsp3) is 0.458. The molecule has 3 aromatic rings. The van der Waals surface area contributed by atoms with Gasteiger partial charge in [-0.3, -0.25) is 9.48 Å². The van der Waals surface area contributed by atoms with Crippen LogP contribution in [0.2, 0.25) is 0 Å². The minimum Gasteiger partial charge on any atom is -0.491 e. The standard InChI is InChI=1S/C24H28F2N4O4/c1-23(2,32)7-8-30-11-16-9-19(20(10-18(16)29-30)34-14-15-12-33-13-15)28-22(31)17-5-4-6-21(27-17)24(3,25)26/h4-6,9-11,15,32H,7-8,12-14H2,1-3H3,(H,28,31). The Morgan fingerprint density at radius 1 is 1.29 bits per heavy atom. The van der Waals surface area contributed by atoms with Crippen LogP contribution < -0.4 is 10.1 Å². The Morgan fingerprint density at radius 3 is 2.71 bits per heavy atom. The van der Waals surface area contributed by atoms with Crippen molar-refractivity contribution in [2.75, 3.05) is 25.1 Å². The molecule has 8 nitrogen and oxygen atoms in total. The van der Waals surface area contributed by atoms with E-state index >= 15 is 0 Å². The number of benzene rings is 1. The summed E-state index contributed by atoms with van der Waals surface area (Å²) in [5.41, 5.74) is -0.384. The number of fused-ring (bicyclic) bond motifs is 1. The number of aliphatic hydroxyl groups is 1. The Kier molecular flexibility index (Phi) is 6.55. The summed E-state index contributed by atoms with van der Waals surface area (Å²) in [5, 5.41) is 18.0. The summed E-state index contributed by atoms with van der Waals surface area (Å²) < 4.78 is 40.2. The van der Waals surface area contributed by atoms with Crippen LogP contribution in [0, 0.1) is 5.92 Å². The quantitative estimate of drug-likeness (QED) is 0.487. The molecule has 1 fully saturated rings. The van der Waals surface area contributed by atoms with E-state index in [4.69, 9.17) is 9.47 Å². The lowest BCUT2D eigenvalue weighted by Crippen LogP contribution is -2.32. The number of rotatable bonds is 9. The van der Waals surface area contributed by atoms with Crippen molar-refractivity contribution in [3.63, 3.8) is 0 Å². The van der Waals surface area contributed by atoms with Gasteiger partial charge in [0.15, 0.2) is 0 Å². The number of nitrogens with one attached hydrogen (secondary N) is 1. The van der Waals surface area contributed by atoms with Gasteiger partial charge in [-0.15, -0.1) is 0 Å². The first-order valence-corrected chi connectivity index (χ1v) is 11.1. The number of carbonyl (C=O) groups excluding carboxylic acids is 1. The maximum Gasteiger partial charge on any atom is 0.287 e. The normalized spacial score (nSPS) is 14.8. The molecule has 0 unspecified atom stereocenters. The third-order valence-corrected chi connectivity index (χ3v) is 5.47. The van der Waals surface area contributed by atoms with Gasteiger partial charge in [0.2, 0.25) is 0 Å². The first-order chi connectivity index (χ1) is 16.0. The summed E-state index contributed by atoms with van der Waals surface area (Å²) in [6.45, 7) is 6.33. The Labute approximate surface area is 195 Å². The number of halogens is 2. The second kappa shape index (κ2) is 9.27. The average Bonchev–Trinajstić information content (AvgIpc) is 3.12. The van der Waals surface area contributed by atoms with E-state index in [0.29, 0.717) is 49.7 Å². The Bertz CT molecular complexity index is 1180. The molecule has 0 spiro atoms. The van der Waals surface area contributed by atoms with E-state index in [1.54, 1.807) is 30.7 Å². The highest BCUT2D eigenvalue weighted by atomic mass is 19.3. The molecule has 1 aliphatic heterocycles. The average molecular weight is 475 g/mol. The molecule has 1 aromatic carbocycles. The predicted molar refractivity (Wildman–Crippen MR) is 122 cm³/mol. The van der Waals surface area contributed by atoms with Gasteiger partial charge in [-0.05, 0) is 38.5 Å². The van der Waals surface area contributed by atoms with Crippen molar-refractivity contribution in [2.24, 2.45) is 5.92 Å². The van der Waals surface area contributed by atoms with Gasteiger partial charge in [-0.2, -0.15) is 13.9 Å². The number of hydrogen-bond acceptors (Lipinski definition) is 6. The Balaban J connectivity index is 1.61. The third kappa shape index (κ3) is 5.87. The molecule has 1 aliphatic rings. The fourth-order valence-corrected chi connectivity index (χ4v) is 3.40. The first kappa shape index (κ1) is 24.0. The molecule has 0 saturated carbocycles. The van der Waals surface area contributed by atoms with Crippen LogP contribution in [0.15, 0.2) is 36.5 Å². The summed E-state index contributed by atoms with van der Waals surface area (Å²) in [5.74, 6) is -3.12. The van der Waals surface area contributed by atoms with Crippen molar-refractivity contribution in [3.05, 3.63) is 47.9 Å². The zero-order valence-corrected chi connectivity index (χ0v) is 19.3. The fourth-order valence-electron chi connectivity index (χ4n) is 3.40. The Morgan fingerprint density at radius 2 is 2.06 bits per heavy atom. The van der Waals surface area contributed by atoms with Crippen molar-refractivity contribution in [1.82, 2.24) is 14.8 Å².